The van der Waals surface area contributed by atoms with Gasteiger partial charge in [0.2, 0.25) is 0 Å². The summed E-state index contributed by atoms with van der Waals surface area (Å²) in [5.41, 5.74) is 13.6. The number of aromatic nitrogens is 6. The van der Waals surface area contributed by atoms with Crippen LogP contribution in [0.25, 0.3) is 34.1 Å². The molecule has 1 aliphatic heterocycles. The Labute approximate surface area is 310 Å². The van der Waals surface area contributed by atoms with E-state index in [4.69, 9.17) is 34.6 Å². The predicted molar refractivity (Wildman–Crippen MR) is 201 cm³/mol. The van der Waals surface area contributed by atoms with Gasteiger partial charge in [-0.25, -0.2) is 19.6 Å². The van der Waals surface area contributed by atoms with Gasteiger partial charge < -0.3 is 30.0 Å². The molecule has 9 rings (SSSR count). The molecule has 7 aromatic rings. The minimum atomic E-state index is -0.620. The van der Waals surface area contributed by atoms with E-state index in [0.717, 1.165) is 41.0 Å². The Kier molecular flexibility index (Phi) is 8.69. The summed E-state index contributed by atoms with van der Waals surface area (Å²) in [6, 6.07) is 28.6. The number of benzene rings is 3. The molecule has 1 fully saturated rings. The van der Waals surface area contributed by atoms with Crippen molar-refractivity contribution in [2.24, 2.45) is 0 Å². The summed E-state index contributed by atoms with van der Waals surface area (Å²) >= 11 is 0. The highest BCUT2D eigenvalue weighted by Gasteiger charge is 2.28. The van der Waals surface area contributed by atoms with Crippen LogP contribution in [0.3, 0.4) is 0 Å². The number of carbonyl (C=O) groups excluding carboxylic acids is 1. The van der Waals surface area contributed by atoms with Gasteiger partial charge in [0.1, 0.15) is 29.4 Å². The van der Waals surface area contributed by atoms with Gasteiger partial charge in [0.15, 0.2) is 23.6 Å². The molecule has 0 spiro atoms. The zero-order valence-electron chi connectivity index (χ0n) is 29.4. The van der Waals surface area contributed by atoms with E-state index in [0.29, 0.717) is 70.9 Å². The predicted octanol–water partition coefficient (Wildman–Crippen LogP) is 6.30. The summed E-state index contributed by atoms with van der Waals surface area (Å²) in [7, 11) is 1.64. The molecule has 13 nitrogen and oxygen atoms in total. The lowest BCUT2D eigenvalue weighted by atomic mass is 10.1. The number of aryl methyl sites for hydroxylation is 1. The van der Waals surface area contributed by atoms with Crippen LogP contribution < -0.4 is 20.5 Å². The lowest BCUT2D eigenvalue weighted by Crippen LogP contribution is -2.27. The van der Waals surface area contributed by atoms with Gasteiger partial charge in [0.25, 0.3) is 5.91 Å². The molecular formula is C41H36N8O5. The number of nitrogen functional groups attached to an aromatic ring is 1. The standard InChI is InChI=1S/C41H36N8O5/c1-51-29-10-5-25(6-11-29)24-54-35-15-8-27(23-32(35)41-52-20-21-53-41)40(50)46-33-13-7-26-22-28(9-12-30(26)33)49-38(31-4-2-17-43-37(31)42)45-34-14-16-36(47-39(34)49)48-19-3-18-44-48/h2-6,8-12,14-19,22-23,33,41H,7,13,20-21,24H2,1H3,(H2,42,43)(H,46,50)/t33-/m0/s1. The molecule has 2 aliphatic rings. The van der Waals surface area contributed by atoms with Crippen LogP contribution in [0.2, 0.25) is 0 Å². The number of pyridine rings is 2. The van der Waals surface area contributed by atoms with Crippen molar-refractivity contribution >= 4 is 22.9 Å². The van der Waals surface area contributed by atoms with Crippen LogP contribution in [-0.2, 0) is 22.5 Å². The van der Waals surface area contributed by atoms with Crippen LogP contribution in [0.15, 0.2) is 110 Å². The third-order valence-corrected chi connectivity index (χ3v) is 9.78. The molecule has 0 saturated carbocycles. The third kappa shape index (κ3) is 6.29. The number of carbonyl (C=O) groups is 1. The largest absolute Gasteiger partial charge is 0.497 e. The summed E-state index contributed by atoms with van der Waals surface area (Å²) in [6.45, 7) is 1.27. The fourth-order valence-corrected chi connectivity index (χ4v) is 7.07. The van der Waals surface area contributed by atoms with Gasteiger partial charge in [-0.1, -0.05) is 18.2 Å². The maximum Gasteiger partial charge on any atom is 0.251 e. The molecule has 5 heterocycles. The first kappa shape index (κ1) is 33.3. The third-order valence-electron chi connectivity index (χ3n) is 9.78. The topological polar surface area (TPSA) is 153 Å². The minimum absolute atomic E-state index is 0.174. The van der Waals surface area contributed by atoms with Gasteiger partial charge in [-0.15, -0.1) is 0 Å². The van der Waals surface area contributed by atoms with Crippen LogP contribution in [0.4, 0.5) is 5.82 Å². The molecule has 1 saturated heterocycles. The number of hydrogen-bond acceptors (Lipinski definition) is 10. The lowest BCUT2D eigenvalue weighted by molar-refractivity contribution is -0.0459. The van der Waals surface area contributed by atoms with Crippen molar-refractivity contribution in [3.05, 3.63) is 137 Å². The highest BCUT2D eigenvalue weighted by atomic mass is 16.7. The van der Waals surface area contributed by atoms with E-state index in [1.54, 1.807) is 36.3 Å². The molecule has 13 heteroatoms. The first-order chi connectivity index (χ1) is 26.5. The van der Waals surface area contributed by atoms with Crippen molar-refractivity contribution in [1.82, 2.24) is 34.6 Å². The van der Waals surface area contributed by atoms with E-state index in [1.165, 1.54) is 0 Å². The molecule has 3 aromatic carbocycles. The molecule has 270 valence electrons. The summed E-state index contributed by atoms with van der Waals surface area (Å²) in [4.78, 5) is 28.1. The number of amides is 1. The Morgan fingerprint density at radius 1 is 0.944 bits per heavy atom. The highest BCUT2D eigenvalue weighted by Crippen LogP contribution is 2.37. The summed E-state index contributed by atoms with van der Waals surface area (Å²) in [5.74, 6) is 2.84. The maximum atomic E-state index is 13.8. The van der Waals surface area contributed by atoms with Crippen molar-refractivity contribution in [3.63, 3.8) is 0 Å². The lowest BCUT2D eigenvalue weighted by Gasteiger charge is -2.19. The van der Waals surface area contributed by atoms with Crippen molar-refractivity contribution < 1.29 is 23.7 Å². The number of nitrogens with one attached hydrogen (secondary N) is 1. The first-order valence-corrected chi connectivity index (χ1v) is 17.7. The Morgan fingerprint density at radius 3 is 2.61 bits per heavy atom. The minimum Gasteiger partial charge on any atom is -0.497 e. The number of rotatable bonds is 10. The fraction of sp³-hybridized carbons (Fsp3) is 0.195. The second-order valence-corrected chi connectivity index (χ2v) is 13.1. The van der Waals surface area contributed by atoms with E-state index >= 15 is 0 Å². The van der Waals surface area contributed by atoms with Gasteiger partial charge in [0.05, 0.1) is 37.5 Å². The average Bonchev–Trinajstić information content (AvgIpc) is 4.05. The molecule has 0 radical (unpaired) electrons. The van der Waals surface area contributed by atoms with Crippen LogP contribution in [0, 0.1) is 0 Å². The van der Waals surface area contributed by atoms with Gasteiger partial charge >= 0.3 is 0 Å². The molecule has 54 heavy (non-hydrogen) atoms. The quantitative estimate of drug-likeness (QED) is 0.165. The van der Waals surface area contributed by atoms with Gasteiger partial charge in [0, 0.05) is 29.8 Å². The van der Waals surface area contributed by atoms with E-state index in [-0.39, 0.29) is 11.9 Å². The van der Waals surface area contributed by atoms with Crippen LogP contribution in [0.5, 0.6) is 11.5 Å². The molecular weight excluding hydrogens is 685 g/mol. The Balaban J connectivity index is 0.993. The van der Waals surface area contributed by atoms with Crippen molar-refractivity contribution in [2.45, 2.75) is 31.8 Å². The molecule has 4 aromatic heterocycles. The van der Waals surface area contributed by atoms with Crippen LogP contribution in [-0.4, -0.2) is 55.5 Å². The normalized spacial score (nSPS) is 15.4. The Hall–Kier alpha value is -6.57. The number of ether oxygens (including phenoxy) is 4. The van der Waals surface area contributed by atoms with E-state index in [2.05, 4.69) is 27.5 Å². The van der Waals surface area contributed by atoms with Crippen molar-refractivity contribution in [1.29, 1.82) is 0 Å². The fourth-order valence-electron chi connectivity index (χ4n) is 7.07. The summed E-state index contributed by atoms with van der Waals surface area (Å²) < 4.78 is 26.9. The number of methoxy groups -OCH3 is 1. The number of nitrogens with two attached hydrogens (primary N) is 1. The molecule has 3 N–H and O–H groups in total. The van der Waals surface area contributed by atoms with Gasteiger partial charge in [-0.3, -0.25) is 9.36 Å². The number of nitrogens with zero attached hydrogens (tertiary/aromatic N) is 6. The summed E-state index contributed by atoms with van der Waals surface area (Å²) in [5, 5.41) is 7.64. The smallest absolute Gasteiger partial charge is 0.251 e. The maximum absolute atomic E-state index is 13.8. The van der Waals surface area contributed by atoms with E-state index in [1.807, 2.05) is 77.5 Å². The second-order valence-electron chi connectivity index (χ2n) is 13.1. The van der Waals surface area contributed by atoms with E-state index in [9.17, 15) is 4.79 Å². The zero-order chi connectivity index (χ0) is 36.6. The molecule has 0 unspecified atom stereocenters. The number of hydrogen-bond donors (Lipinski definition) is 2. The molecule has 1 atom stereocenters. The van der Waals surface area contributed by atoms with Gasteiger partial charge in [-0.2, -0.15) is 5.10 Å². The van der Waals surface area contributed by atoms with E-state index < -0.39 is 6.29 Å². The average molecular weight is 721 g/mol. The monoisotopic (exact) mass is 720 g/mol. The molecule has 0 bridgehead atoms. The summed E-state index contributed by atoms with van der Waals surface area (Å²) in [6.07, 6.45) is 6.14. The van der Waals surface area contributed by atoms with Crippen molar-refractivity contribution in [3.8, 4) is 34.4 Å². The van der Waals surface area contributed by atoms with Crippen LogP contribution >= 0.6 is 0 Å². The second kappa shape index (κ2) is 14.1. The molecule has 1 amide bonds. The SMILES string of the molecule is COc1ccc(COc2ccc(C(=O)N[C@H]3CCc4cc(-n5c(-c6cccnc6N)nc6ccc(-n7cccn7)nc65)ccc43)cc2C2OCCO2)cc1. The van der Waals surface area contributed by atoms with Crippen molar-refractivity contribution in [2.75, 3.05) is 26.1 Å². The Bertz CT molecular complexity index is 2470. The van der Waals surface area contributed by atoms with Crippen LogP contribution in [0.1, 0.15) is 51.4 Å². The van der Waals surface area contributed by atoms with Gasteiger partial charge in [-0.05, 0) is 102 Å². The molecule has 1 aliphatic carbocycles. The number of imidazole rings is 1. The highest BCUT2D eigenvalue weighted by molar-refractivity contribution is 5.95. The number of fused-ring (bicyclic) bond motifs is 2. The first-order valence-electron chi connectivity index (χ1n) is 17.7. The Morgan fingerprint density at radius 2 is 1.81 bits per heavy atom. The zero-order valence-corrected chi connectivity index (χ0v) is 29.4. The number of anilines is 1.